The van der Waals surface area contributed by atoms with Gasteiger partial charge in [0.15, 0.2) is 0 Å². The monoisotopic (exact) mass is 286 g/mol. The third-order valence-corrected chi connectivity index (χ3v) is 5.12. The van der Waals surface area contributed by atoms with E-state index in [1.54, 1.807) is 0 Å². The Balaban J connectivity index is 1.84. The minimum absolute atomic E-state index is 0.0472. The van der Waals surface area contributed by atoms with Gasteiger partial charge in [0.1, 0.15) is 0 Å². The van der Waals surface area contributed by atoms with E-state index in [4.69, 9.17) is 5.73 Å². The number of piperidine rings is 1. The van der Waals surface area contributed by atoms with E-state index >= 15 is 0 Å². The summed E-state index contributed by atoms with van der Waals surface area (Å²) in [5, 5.41) is 0. The Labute approximate surface area is 127 Å². The lowest BCUT2D eigenvalue weighted by Gasteiger charge is -2.46. The van der Waals surface area contributed by atoms with Gasteiger partial charge in [-0.25, -0.2) is 0 Å². The molecule has 1 heterocycles. The van der Waals surface area contributed by atoms with Gasteiger partial charge >= 0.3 is 0 Å². The number of nitrogens with zero attached hydrogens (tertiary/aromatic N) is 1. The van der Waals surface area contributed by atoms with Crippen molar-refractivity contribution < 1.29 is 4.79 Å². The summed E-state index contributed by atoms with van der Waals surface area (Å²) in [7, 11) is 0. The second kappa shape index (κ2) is 5.80. The summed E-state index contributed by atoms with van der Waals surface area (Å²) in [6.07, 6.45) is 6.44. The van der Waals surface area contributed by atoms with Gasteiger partial charge in [0, 0.05) is 31.0 Å². The van der Waals surface area contributed by atoms with Crippen molar-refractivity contribution in [3.8, 4) is 0 Å². The van der Waals surface area contributed by atoms with Crippen LogP contribution in [0.25, 0.3) is 0 Å². The molecule has 1 aliphatic carbocycles. The lowest BCUT2D eigenvalue weighted by molar-refractivity contribution is -0.133. The van der Waals surface area contributed by atoms with Crippen molar-refractivity contribution in [2.24, 2.45) is 5.73 Å². The average molecular weight is 286 g/mol. The number of rotatable bonds is 2. The number of nitrogens with two attached hydrogens (primary N) is 1. The first-order valence-electron chi connectivity index (χ1n) is 8.22. The van der Waals surface area contributed by atoms with E-state index in [0.717, 1.165) is 19.5 Å². The van der Waals surface area contributed by atoms with E-state index < -0.39 is 0 Å². The molecular weight excluding hydrogens is 260 g/mol. The maximum atomic E-state index is 12.4. The molecule has 21 heavy (non-hydrogen) atoms. The molecule has 2 aliphatic rings. The van der Waals surface area contributed by atoms with Crippen molar-refractivity contribution in [1.29, 1.82) is 0 Å². The van der Waals surface area contributed by atoms with Crippen molar-refractivity contribution in [1.82, 2.24) is 4.90 Å². The zero-order chi connectivity index (χ0) is 14.9. The second-order valence-electron chi connectivity index (χ2n) is 6.89. The predicted octanol–water partition coefficient (Wildman–Crippen LogP) is 2.62. The summed E-state index contributed by atoms with van der Waals surface area (Å²) in [6.45, 7) is 3.69. The minimum atomic E-state index is -0.0472. The highest BCUT2D eigenvalue weighted by Crippen LogP contribution is 2.43. The quantitative estimate of drug-likeness (QED) is 0.908. The van der Waals surface area contributed by atoms with Crippen LogP contribution in [0.1, 0.15) is 50.2 Å². The molecule has 0 saturated carbocycles. The van der Waals surface area contributed by atoms with E-state index in [9.17, 15) is 4.79 Å². The number of carbonyl (C=O) groups is 1. The molecule has 1 fully saturated rings. The summed E-state index contributed by atoms with van der Waals surface area (Å²) >= 11 is 0. The van der Waals surface area contributed by atoms with Crippen LogP contribution in [0.2, 0.25) is 0 Å². The van der Waals surface area contributed by atoms with Crippen LogP contribution >= 0.6 is 0 Å². The van der Waals surface area contributed by atoms with Crippen molar-refractivity contribution in [2.75, 3.05) is 13.1 Å². The van der Waals surface area contributed by atoms with Gasteiger partial charge in [-0.05, 0) is 50.2 Å². The molecule has 1 spiro atoms. The van der Waals surface area contributed by atoms with Gasteiger partial charge in [-0.1, -0.05) is 24.3 Å². The molecule has 1 saturated heterocycles. The fraction of sp³-hybridized carbons (Fsp3) is 0.611. The molecule has 114 valence electrons. The highest BCUT2D eigenvalue weighted by atomic mass is 16.2. The third kappa shape index (κ3) is 2.84. The fourth-order valence-electron chi connectivity index (χ4n) is 4.18. The smallest absolute Gasteiger partial charge is 0.224 e. The molecule has 1 amide bonds. The standard InChI is InChI=1S/C18H26N2O/c1-14(19)12-17(21)20-11-5-10-18(13-20)9-4-7-15-6-2-3-8-16(15)18/h2-3,6,8,14H,4-5,7,9-13,19H2,1H3. The summed E-state index contributed by atoms with van der Waals surface area (Å²) in [5.41, 5.74) is 8.98. The van der Waals surface area contributed by atoms with Crippen LogP contribution in [0, 0.1) is 0 Å². The topological polar surface area (TPSA) is 46.3 Å². The highest BCUT2D eigenvalue weighted by molar-refractivity contribution is 5.77. The molecule has 1 aromatic carbocycles. The summed E-state index contributed by atoms with van der Waals surface area (Å²) in [5.74, 6) is 0.229. The first kappa shape index (κ1) is 14.6. The van der Waals surface area contributed by atoms with Crippen LogP contribution in [-0.4, -0.2) is 29.9 Å². The van der Waals surface area contributed by atoms with Crippen molar-refractivity contribution >= 4 is 5.91 Å². The van der Waals surface area contributed by atoms with Gasteiger partial charge in [0.25, 0.3) is 0 Å². The Hall–Kier alpha value is -1.35. The van der Waals surface area contributed by atoms with Crippen LogP contribution in [-0.2, 0) is 16.6 Å². The normalized spacial score (nSPS) is 26.5. The van der Waals surface area contributed by atoms with Gasteiger partial charge in [-0.2, -0.15) is 0 Å². The number of aryl methyl sites for hydroxylation is 1. The molecule has 3 rings (SSSR count). The predicted molar refractivity (Wildman–Crippen MR) is 85.1 cm³/mol. The number of carbonyl (C=O) groups excluding carboxylic acids is 1. The van der Waals surface area contributed by atoms with E-state index in [-0.39, 0.29) is 17.4 Å². The zero-order valence-electron chi connectivity index (χ0n) is 13.0. The average Bonchev–Trinajstić information content (AvgIpc) is 2.47. The molecule has 3 heteroatoms. The molecule has 0 radical (unpaired) electrons. The lowest BCUT2D eigenvalue weighted by Crippen LogP contribution is -2.50. The van der Waals surface area contributed by atoms with E-state index in [1.165, 1.54) is 36.8 Å². The largest absolute Gasteiger partial charge is 0.342 e. The Bertz CT molecular complexity index is 526. The van der Waals surface area contributed by atoms with Crippen molar-refractivity contribution in [2.45, 2.75) is 56.9 Å². The maximum Gasteiger partial charge on any atom is 0.224 e. The third-order valence-electron chi connectivity index (χ3n) is 5.12. The minimum Gasteiger partial charge on any atom is -0.342 e. The van der Waals surface area contributed by atoms with Crippen molar-refractivity contribution in [3.63, 3.8) is 0 Å². The van der Waals surface area contributed by atoms with E-state index in [1.807, 2.05) is 6.92 Å². The van der Waals surface area contributed by atoms with E-state index in [2.05, 4.69) is 29.2 Å². The van der Waals surface area contributed by atoms with Crippen molar-refractivity contribution in [3.05, 3.63) is 35.4 Å². The molecule has 2 N–H and O–H groups in total. The molecule has 2 unspecified atom stereocenters. The van der Waals surface area contributed by atoms with Gasteiger partial charge in [-0.3, -0.25) is 4.79 Å². The van der Waals surface area contributed by atoms with E-state index in [0.29, 0.717) is 6.42 Å². The summed E-state index contributed by atoms with van der Waals surface area (Å²) in [4.78, 5) is 14.5. The van der Waals surface area contributed by atoms with Gasteiger partial charge in [-0.15, -0.1) is 0 Å². The van der Waals surface area contributed by atoms with Crippen LogP contribution in [0.15, 0.2) is 24.3 Å². The molecule has 2 atom stereocenters. The molecular formula is C18H26N2O. The molecule has 1 aromatic rings. The molecule has 0 aromatic heterocycles. The number of fused-ring (bicyclic) bond motifs is 2. The maximum absolute atomic E-state index is 12.4. The Morgan fingerprint density at radius 2 is 2.10 bits per heavy atom. The Morgan fingerprint density at radius 3 is 2.90 bits per heavy atom. The molecule has 0 bridgehead atoms. The lowest BCUT2D eigenvalue weighted by atomic mass is 9.66. The summed E-state index contributed by atoms with van der Waals surface area (Å²) in [6, 6.07) is 8.79. The van der Waals surface area contributed by atoms with Gasteiger partial charge < -0.3 is 10.6 Å². The first-order chi connectivity index (χ1) is 10.1. The van der Waals surface area contributed by atoms with Gasteiger partial charge in [0.2, 0.25) is 5.91 Å². The Morgan fingerprint density at radius 1 is 1.33 bits per heavy atom. The van der Waals surface area contributed by atoms with Crippen LogP contribution < -0.4 is 5.73 Å². The van der Waals surface area contributed by atoms with Crippen LogP contribution in [0.3, 0.4) is 0 Å². The summed E-state index contributed by atoms with van der Waals surface area (Å²) < 4.78 is 0. The highest BCUT2D eigenvalue weighted by Gasteiger charge is 2.41. The zero-order valence-corrected chi connectivity index (χ0v) is 13.0. The fourth-order valence-corrected chi connectivity index (χ4v) is 4.18. The number of hydrogen-bond acceptors (Lipinski definition) is 2. The van der Waals surface area contributed by atoms with Crippen LogP contribution in [0.5, 0.6) is 0 Å². The molecule has 3 nitrogen and oxygen atoms in total. The second-order valence-corrected chi connectivity index (χ2v) is 6.89. The SMILES string of the molecule is CC(N)CC(=O)N1CCCC2(CCCc3ccccc32)C1. The first-order valence-corrected chi connectivity index (χ1v) is 8.22. The van der Waals surface area contributed by atoms with Crippen LogP contribution in [0.4, 0.5) is 0 Å². The number of amides is 1. The molecule has 1 aliphatic heterocycles. The van der Waals surface area contributed by atoms with Gasteiger partial charge in [0.05, 0.1) is 0 Å². The number of hydrogen-bond donors (Lipinski definition) is 1. The Kier molecular flexibility index (Phi) is 4.03. The number of benzene rings is 1. The number of likely N-dealkylation sites (tertiary alicyclic amines) is 1.